The molecule has 112 valence electrons. The highest BCUT2D eigenvalue weighted by molar-refractivity contribution is 5.88. The Morgan fingerprint density at radius 2 is 1.90 bits per heavy atom. The van der Waals surface area contributed by atoms with Crippen molar-refractivity contribution >= 4 is 11.7 Å². The molecule has 0 aliphatic rings. The molecule has 0 saturated heterocycles. The van der Waals surface area contributed by atoms with Crippen LogP contribution in [0.5, 0.6) is 0 Å². The number of hydrogen-bond donors (Lipinski definition) is 1. The topological polar surface area (TPSA) is 95.7 Å². The second kappa shape index (κ2) is 8.10. The summed E-state index contributed by atoms with van der Waals surface area (Å²) >= 11 is 0. The Morgan fingerprint density at radius 1 is 1.29 bits per heavy atom. The smallest absolute Gasteiger partial charge is 0.219 e. The lowest BCUT2D eigenvalue weighted by molar-refractivity contribution is -0.121. The Kier molecular flexibility index (Phi) is 6.47. The highest BCUT2D eigenvalue weighted by Crippen LogP contribution is 2.16. The Labute approximate surface area is 124 Å². The first-order chi connectivity index (χ1) is 9.97. The monoisotopic (exact) mass is 288 g/mol. The van der Waals surface area contributed by atoms with E-state index in [4.69, 9.17) is 0 Å². The highest BCUT2D eigenvalue weighted by atomic mass is 16.1. The van der Waals surface area contributed by atoms with E-state index < -0.39 is 5.92 Å². The zero-order chi connectivity index (χ0) is 15.8. The number of aryl methyl sites for hydroxylation is 2. The van der Waals surface area contributed by atoms with Crippen molar-refractivity contribution in [1.82, 2.24) is 15.3 Å². The number of Topliss-reactive ketones (excluding diaryl/α,β-unsaturated/α-hetero) is 1. The Morgan fingerprint density at radius 3 is 2.43 bits per heavy atom. The van der Waals surface area contributed by atoms with Crippen LogP contribution in [0.4, 0.5) is 0 Å². The van der Waals surface area contributed by atoms with E-state index in [1.54, 1.807) is 19.9 Å². The molecule has 1 amide bonds. The molecule has 0 radical (unpaired) electrons. The molecule has 0 aromatic carbocycles. The second-order valence-corrected chi connectivity index (χ2v) is 4.84. The molecule has 0 unspecified atom stereocenters. The third kappa shape index (κ3) is 5.30. The van der Waals surface area contributed by atoms with Crippen molar-refractivity contribution in [2.75, 3.05) is 6.54 Å². The van der Waals surface area contributed by atoms with Crippen LogP contribution in [0.15, 0.2) is 6.07 Å². The summed E-state index contributed by atoms with van der Waals surface area (Å²) in [6.07, 6.45) is 0.880. The minimum atomic E-state index is -0.960. The van der Waals surface area contributed by atoms with E-state index in [1.165, 1.54) is 0 Å². The van der Waals surface area contributed by atoms with Gasteiger partial charge in [-0.05, 0) is 33.3 Å². The van der Waals surface area contributed by atoms with Gasteiger partial charge in [-0.15, -0.1) is 0 Å². The van der Waals surface area contributed by atoms with Gasteiger partial charge in [-0.25, -0.2) is 9.97 Å². The summed E-state index contributed by atoms with van der Waals surface area (Å²) < 4.78 is 0. The van der Waals surface area contributed by atoms with Crippen LogP contribution in [0.3, 0.4) is 0 Å². The highest BCUT2D eigenvalue weighted by Gasteiger charge is 2.23. The summed E-state index contributed by atoms with van der Waals surface area (Å²) in [6.45, 7) is 6.01. The maximum atomic E-state index is 12.1. The number of aromatic nitrogens is 2. The van der Waals surface area contributed by atoms with Crippen molar-refractivity contribution in [1.29, 1.82) is 5.26 Å². The summed E-state index contributed by atoms with van der Waals surface area (Å²) in [5.41, 5.74) is 1.46. The first-order valence-corrected chi connectivity index (χ1v) is 6.99. The largest absolute Gasteiger partial charge is 0.356 e. The van der Waals surface area contributed by atoms with E-state index in [9.17, 15) is 14.9 Å². The van der Waals surface area contributed by atoms with E-state index in [2.05, 4.69) is 15.3 Å². The van der Waals surface area contributed by atoms with Crippen LogP contribution < -0.4 is 5.32 Å². The maximum absolute atomic E-state index is 12.1. The van der Waals surface area contributed by atoms with Crippen molar-refractivity contribution in [3.05, 3.63) is 23.3 Å². The molecular formula is C15H20N4O2. The quantitative estimate of drug-likeness (QED) is 0.821. The average molecular weight is 288 g/mol. The van der Waals surface area contributed by atoms with Crippen LogP contribution in [0, 0.1) is 25.2 Å². The van der Waals surface area contributed by atoms with Crippen molar-refractivity contribution in [3.8, 4) is 6.07 Å². The van der Waals surface area contributed by atoms with Gasteiger partial charge in [-0.2, -0.15) is 5.26 Å². The molecule has 0 aliphatic heterocycles. The van der Waals surface area contributed by atoms with Gasteiger partial charge in [0.25, 0.3) is 0 Å². The van der Waals surface area contributed by atoms with Gasteiger partial charge in [0.05, 0.1) is 6.07 Å². The first kappa shape index (κ1) is 16.8. The van der Waals surface area contributed by atoms with Gasteiger partial charge in [0.1, 0.15) is 0 Å². The van der Waals surface area contributed by atoms with Gasteiger partial charge in [0.2, 0.25) is 5.91 Å². The number of carbonyl (C=O) groups is 2. The maximum Gasteiger partial charge on any atom is 0.219 e. The summed E-state index contributed by atoms with van der Waals surface area (Å²) in [7, 11) is 0. The molecule has 1 heterocycles. The SMILES string of the molecule is CCNC(=O)CCCC(=O)[C@@H](C#N)c1nc(C)cc(C)n1. The summed E-state index contributed by atoms with van der Waals surface area (Å²) in [5, 5.41) is 11.9. The number of ketones is 1. The van der Waals surface area contributed by atoms with E-state index in [1.807, 2.05) is 13.0 Å². The number of carbonyl (C=O) groups excluding carboxylic acids is 2. The molecule has 0 bridgehead atoms. The molecule has 0 aliphatic carbocycles. The van der Waals surface area contributed by atoms with Gasteiger partial charge in [0, 0.05) is 30.8 Å². The van der Waals surface area contributed by atoms with Gasteiger partial charge >= 0.3 is 0 Å². The number of hydrogen-bond acceptors (Lipinski definition) is 5. The van der Waals surface area contributed by atoms with Crippen LogP contribution in [0.2, 0.25) is 0 Å². The van der Waals surface area contributed by atoms with Crippen LogP contribution in [-0.2, 0) is 9.59 Å². The summed E-state index contributed by atoms with van der Waals surface area (Å²) in [4.78, 5) is 31.7. The van der Waals surface area contributed by atoms with Crippen molar-refractivity contribution in [2.24, 2.45) is 0 Å². The molecule has 6 nitrogen and oxygen atoms in total. The van der Waals surface area contributed by atoms with E-state index in [0.717, 1.165) is 11.4 Å². The first-order valence-electron chi connectivity index (χ1n) is 6.99. The van der Waals surface area contributed by atoms with Crippen molar-refractivity contribution in [2.45, 2.75) is 46.0 Å². The fourth-order valence-electron chi connectivity index (χ4n) is 2.01. The third-order valence-corrected chi connectivity index (χ3v) is 2.91. The zero-order valence-corrected chi connectivity index (χ0v) is 12.6. The number of nitrogens with one attached hydrogen (secondary N) is 1. The van der Waals surface area contributed by atoms with Gasteiger partial charge in [-0.1, -0.05) is 0 Å². The Balaban J connectivity index is 2.66. The van der Waals surface area contributed by atoms with Gasteiger partial charge in [0.15, 0.2) is 17.5 Å². The van der Waals surface area contributed by atoms with Crippen molar-refractivity contribution in [3.63, 3.8) is 0 Å². The lowest BCUT2D eigenvalue weighted by atomic mass is 9.99. The molecule has 1 atom stereocenters. The van der Waals surface area contributed by atoms with E-state index in [0.29, 0.717) is 13.0 Å². The molecule has 0 saturated carbocycles. The molecule has 0 fully saturated rings. The molecule has 21 heavy (non-hydrogen) atoms. The van der Waals surface area contributed by atoms with Crippen LogP contribution in [0.1, 0.15) is 49.3 Å². The average Bonchev–Trinajstić information content (AvgIpc) is 2.38. The fraction of sp³-hybridized carbons (Fsp3) is 0.533. The predicted octanol–water partition coefficient (Wildman–Crippen LogP) is 1.58. The van der Waals surface area contributed by atoms with Gasteiger partial charge < -0.3 is 5.32 Å². The van der Waals surface area contributed by atoms with Crippen LogP contribution >= 0.6 is 0 Å². The number of nitrogens with zero attached hydrogens (tertiary/aromatic N) is 3. The predicted molar refractivity (Wildman–Crippen MR) is 77.4 cm³/mol. The third-order valence-electron chi connectivity index (χ3n) is 2.91. The molecule has 0 spiro atoms. The van der Waals surface area contributed by atoms with Crippen LogP contribution in [0.25, 0.3) is 0 Å². The molecule has 1 aromatic heterocycles. The van der Waals surface area contributed by atoms with Crippen LogP contribution in [-0.4, -0.2) is 28.2 Å². The van der Waals surface area contributed by atoms with Gasteiger partial charge in [-0.3, -0.25) is 9.59 Å². The Hall–Kier alpha value is -2.29. The zero-order valence-electron chi connectivity index (χ0n) is 12.6. The normalized spacial score (nSPS) is 11.5. The summed E-state index contributed by atoms with van der Waals surface area (Å²) in [5.74, 6) is -1.04. The molecule has 1 N–H and O–H groups in total. The molecule has 1 aromatic rings. The second-order valence-electron chi connectivity index (χ2n) is 4.84. The molecule has 6 heteroatoms. The standard InChI is InChI=1S/C15H20N4O2/c1-4-17-14(21)7-5-6-13(20)12(9-16)15-18-10(2)8-11(3)19-15/h8,12H,4-7H2,1-3H3,(H,17,21)/t12-/m1/s1. The minimum absolute atomic E-state index is 0.0820. The lowest BCUT2D eigenvalue weighted by Crippen LogP contribution is -2.22. The van der Waals surface area contributed by atoms with E-state index >= 15 is 0 Å². The molecular weight excluding hydrogens is 268 g/mol. The van der Waals surface area contributed by atoms with E-state index in [-0.39, 0.29) is 30.4 Å². The number of nitriles is 1. The fourth-order valence-corrected chi connectivity index (χ4v) is 2.01. The molecule has 1 rings (SSSR count). The number of amides is 1. The minimum Gasteiger partial charge on any atom is -0.356 e. The summed E-state index contributed by atoms with van der Waals surface area (Å²) in [6, 6.07) is 3.75. The van der Waals surface area contributed by atoms with Crippen molar-refractivity contribution < 1.29 is 9.59 Å². The lowest BCUT2D eigenvalue weighted by Gasteiger charge is -2.08. The number of rotatable bonds is 7. The Bertz CT molecular complexity index is 543.